The minimum atomic E-state index is -0.813. The summed E-state index contributed by atoms with van der Waals surface area (Å²) in [5.41, 5.74) is 3.34. The van der Waals surface area contributed by atoms with Crippen molar-refractivity contribution in [2.75, 3.05) is 13.3 Å². The Hall–Kier alpha value is -4.23. The fraction of sp³-hybridized carbons (Fsp3) is 0.194. The molecular formula is C31H28ClFN2O4. The van der Waals surface area contributed by atoms with Gasteiger partial charge in [0.25, 0.3) is 5.91 Å². The molecule has 1 atom stereocenters. The van der Waals surface area contributed by atoms with Crippen LogP contribution < -0.4 is 5.32 Å². The number of rotatable bonds is 10. The molecule has 1 heterocycles. The minimum absolute atomic E-state index is 0.0586. The lowest BCUT2D eigenvalue weighted by atomic mass is 10.0. The number of hydrogen-bond acceptors (Lipinski definition) is 5. The van der Waals surface area contributed by atoms with E-state index in [1.165, 1.54) is 6.07 Å². The first-order chi connectivity index (χ1) is 18.9. The summed E-state index contributed by atoms with van der Waals surface area (Å²) in [6.45, 7) is 0.759. The number of esters is 1. The third kappa shape index (κ3) is 7.42. The Balaban J connectivity index is 1.63. The van der Waals surface area contributed by atoms with Crippen LogP contribution in [0, 0.1) is 0 Å². The zero-order valence-electron chi connectivity index (χ0n) is 21.4. The summed E-state index contributed by atoms with van der Waals surface area (Å²) in [5.74, 6) is -0.996. The van der Waals surface area contributed by atoms with E-state index in [4.69, 9.17) is 16.3 Å². The number of hydrogen-bond donors (Lipinski definition) is 2. The second-order valence-corrected chi connectivity index (χ2v) is 9.43. The van der Waals surface area contributed by atoms with E-state index in [1.807, 2.05) is 37.3 Å². The lowest BCUT2D eigenvalue weighted by Crippen LogP contribution is -2.36. The summed E-state index contributed by atoms with van der Waals surface area (Å²) < 4.78 is 17.8. The summed E-state index contributed by atoms with van der Waals surface area (Å²) in [6.07, 6.45) is 5.02. The Morgan fingerprint density at radius 1 is 1.03 bits per heavy atom. The monoisotopic (exact) mass is 546 g/mol. The van der Waals surface area contributed by atoms with Crippen molar-refractivity contribution < 1.29 is 23.8 Å². The summed E-state index contributed by atoms with van der Waals surface area (Å²) in [7, 11) is 0. The van der Waals surface area contributed by atoms with Crippen LogP contribution in [0.4, 0.5) is 4.39 Å². The molecule has 2 N–H and O–H groups in total. The van der Waals surface area contributed by atoms with Gasteiger partial charge in [0.15, 0.2) is 0 Å². The topological polar surface area (TPSA) is 88.5 Å². The van der Waals surface area contributed by atoms with Crippen molar-refractivity contribution in [2.45, 2.75) is 25.8 Å². The molecule has 3 aromatic carbocycles. The van der Waals surface area contributed by atoms with Crippen LogP contribution in [0.25, 0.3) is 23.1 Å². The SMILES string of the molecule is CCC(Cc1ccc(O)cc1)NC(=O)c1cc(C(=O)OCCF)c2cc(/C=C/c3ccc(Cl)cc3)ccc2n1. The average molecular weight is 547 g/mol. The number of pyridine rings is 1. The van der Waals surface area contributed by atoms with Gasteiger partial charge in [-0.3, -0.25) is 4.79 Å². The Kier molecular flexibility index (Phi) is 9.28. The molecule has 1 unspecified atom stereocenters. The number of alkyl halides is 1. The maximum absolute atomic E-state index is 13.2. The Labute approximate surface area is 231 Å². The Morgan fingerprint density at radius 3 is 2.41 bits per heavy atom. The molecule has 0 spiro atoms. The number of carbonyl (C=O) groups excluding carboxylic acids is 2. The highest BCUT2D eigenvalue weighted by molar-refractivity contribution is 6.30. The number of carbonyl (C=O) groups is 2. The molecule has 6 nitrogen and oxygen atoms in total. The van der Waals surface area contributed by atoms with Crippen LogP contribution in [0.2, 0.25) is 5.02 Å². The maximum Gasteiger partial charge on any atom is 0.338 e. The van der Waals surface area contributed by atoms with Crippen LogP contribution in [-0.4, -0.2) is 41.3 Å². The third-order valence-corrected chi connectivity index (χ3v) is 6.43. The normalized spacial score (nSPS) is 12.0. The number of aromatic hydroxyl groups is 1. The zero-order valence-corrected chi connectivity index (χ0v) is 22.1. The number of ether oxygens (including phenoxy) is 1. The van der Waals surface area contributed by atoms with Crippen molar-refractivity contribution in [3.8, 4) is 5.75 Å². The second kappa shape index (κ2) is 13.0. The predicted octanol–water partition coefficient (Wildman–Crippen LogP) is 6.64. The van der Waals surface area contributed by atoms with E-state index in [0.717, 1.165) is 16.7 Å². The smallest absolute Gasteiger partial charge is 0.338 e. The second-order valence-electron chi connectivity index (χ2n) is 8.99. The first-order valence-electron chi connectivity index (χ1n) is 12.6. The quantitative estimate of drug-likeness (QED) is 0.172. The molecule has 0 radical (unpaired) electrons. The Morgan fingerprint density at radius 2 is 1.72 bits per heavy atom. The van der Waals surface area contributed by atoms with Crippen LogP contribution in [-0.2, 0) is 11.2 Å². The number of fused-ring (bicyclic) bond motifs is 1. The van der Waals surface area contributed by atoms with E-state index in [9.17, 15) is 19.1 Å². The number of benzene rings is 3. The van der Waals surface area contributed by atoms with Gasteiger partial charge in [-0.1, -0.05) is 61.0 Å². The molecule has 200 valence electrons. The molecule has 0 saturated carbocycles. The van der Waals surface area contributed by atoms with Gasteiger partial charge in [0.2, 0.25) is 0 Å². The van der Waals surface area contributed by atoms with Crippen molar-refractivity contribution in [3.05, 3.63) is 106 Å². The van der Waals surface area contributed by atoms with Crippen LogP contribution in [0.1, 0.15) is 50.9 Å². The summed E-state index contributed by atoms with van der Waals surface area (Å²) in [4.78, 5) is 30.6. The highest BCUT2D eigenvalue weighted by Crippen LogP contribution is 2.23. The van der Waals surface area contributed by atoms with Crippen molar-refractivity contribution in [3.63, 3.8) is 0 Å². The molecule has 39 heavy (non-hydrogen) atoms. The van der Waals surface area contributed by atoms with Crippen molar-refractivity contribution >= 4 is 46.5 Å². The number of nitrogens with zero attached hydrogens (tertiary/aromatic N) is 1. The van der Waals surface area contributed by atoms with Gasteiger partial charge < -0.3 is 15.2 Å². The van der Waals surface area contributed by atoms with Crippen LogP contribution >= 0.6 is 11.6 Å². The highest BCUT2D eigenvalue weighted by atomic mass is 35.5. The van der Waals surface area contributed by atoms with Gasteiger partial charge in [-0.2, -0.15) is 0 Å². The fourth-order valence-corrected chi connectivity index (χ4v) is 4.21. The molecule has 1 aromatic heterocycles. The van der Waals surface area contributed by atoms with Crippen LogP contribution in [0.5, 0.6) is 5.75 Å². The highest BCUT2D eigenvalue weighted by Gasteiger charge is 2.20. The van der Waals surface area contributed by atoms with Crippen molar-refractivity contribution in [2.24, 2.45) is 0 Å². The van der Waals surface area contributed by atoms with Gasteiger partial charge in [0.05, 0.1) is 11.1 Å². The number of nitrogens with one attached hydrogen (secondary N) is 1. The lowest BCUT2D eigenvalue weighted by Gasteiger charge is -2.17. The zero-order chi connectivity index (χ0) is 27.8. The van der Waals surface area contributed by atoms with Gasteiger partial charge in [-0.25, -0.2) is 14.2 Å². The van der Waals surface area contributed by atoms with Crippen LogP contribution in [0.15, 0.2) is 72.8 Å². The van der Waals surface area contributed by atoms with E-state index >= 15 is 0 Å². The summed E-state index contributed by atoms with van der Waals surface area (Å²) >= 11 is 5.95. The maximum atomic E-state index is 13.2. The predicted molar refractivity (Wildman–Crippen MR) is 152 cm³/mol. The van der Waals surface area contributed by atoms with Gasteiger partial charge >= 0.3 is 5.97 Å². The average Bonchev–Trinajstić information content (AvgIpc) is 2.95. The van der Waals surface area contributed by atoms with Gasteiger partial charge in [-0.05, 0) is 72.0 Å². The van der Waals surface area contributed by atoms with Gasteiger partial charge in [-0.15, -0.1) is 0 Å². The molecule has 0 aliphatic rings. The molecule has 8 heteroatoms. The number of phenols is 1. The number of phenolic OH excluding ortho intramolecular Hbond substituents is 1. The van der Waals surface area contributed by atoms with E-state index < -0.39 is 18.6 Å². The third-order valence-electron chi connectivity index (χ3n) is 6.18. The Bertz CT molecular complexity index is 1490. The molecule has 1 amide bonds. The molecule has 0 aliphatic heterocycles. The lowest BCUT2D eigenvalue weighted by molar-refractivity contribution is 0.0483. The first-order valence-corrected chi connectivity index (χ1v) is 12.9. The summed E-state index contributed by atoms with van der Waals surface area (Å²) in [6, 6.07) is 20.7. The molecule has 4 rings (SSSR count). The van der Waals surface area contributed by atoms with Gasteiger partial charge in [0.1, 0.15) is 24.7 Å². The molecule has 0 bridgehead atoms. The van der Waals surface area contributed by atoms with Crippen LogP contribution in [0.3, 0.4) is 0 Å². The minimum Gasteiger partial charge on any atom is -0.508 e. The number of amides is 1. The standard InChI is InChI=1S/C31H28ClFN2O4/c1-2-24(17-21-7-12-25(36)13-8-21)34-30(37)29-19-27(31(38)39-16-15-33)26-18-22(9-14-28(26)35-29)4-3-20-5-10-23(32)11-6-20/h3-14,18-19,24,36H,2,15-17H2,1H3,(H,34,37)/b4-3+. The molecule has 4 aromatic rings. The van der Waals surface area contributed by atoms with E-state index in [1.54, 1.807) is 48.5 Å². The van der Waals surface area contributed by atoms with E-state index in [-0.39, 0.29) is 29.7 Å². The molecule has 0 aliphatic carbocycles. The van der Waals surface area contributed by atoms with Crippen molar-refractivity contribution in [1.82, 2.24) is 10.3 Å². The first kappa shape index (κ1) is 27.8. The number of halogens is 2. The molecular weight excluding hydrogens is 519 g/mol. The van der Waals surface area contributed by atoms with Gasteiger partial charge in [0, 0.05) is 16.5 Å². The largest absolute Gasteiger partial charge is 0.508 e. The number of aromatic nitrogens is 1. The molecule has 0 saturated heterocycles. The molecule has 0 fully saturated rings. The van der Waals surface area contributed by atoms with E-state index in [0.29, 0.717) is 28.8 Å². The van der Waals surface area contributed by atoms with Crippen molar-refractivity contribution in [1.29, 1.82) is 0 Å². The fourth-order valence-electron chi connectivity index (χ4n) is 4.08. The van der Waals surface area contributed by atoms with E-state index in [2.05, 4.69) is 10.3 Å². The summed E-state index contributed by atoms with van der Waals surface area (Å²) in [5, 5.41) is 13.6.